The fourth-order valence-corrected chi connectivity index (χ4v) is 2.20. The molecule has 1 amide bonds. The number of hydrogen-bond acceptors (Lipinski definition) is 2. The molecule has 106 valence electrons. The van der Waals surface area contributed by atoms with E-state index < -0.39 is 0 Å². The van der Waals surface area contributed by atoms with Crippen molar-refractivity contribution >= 4 is 5.91 Å². The van der Waals surface area contributed by atoms with Gasteiger partial charge in [0.25, 0.3) is 0 Å². The van der Waals surface area contributed by atoms with E-state index in [1.54, 1.807) is 0 Å². The minimum absolute atomic E-state index is 0.168. The molecule has 0 aliphatic rings. The molecule has 0 spiro atoms. The summed E-state index contributed by atoms with van der Waals surface area (Å²) < 4.78 is 0. The predicted molar refractivity (Wildman–Crippen MR) is 77.0 cm³/mol. The first kappa shape index (κ1) is 15.7. The van der Waals surface area contributed by atoms with E-state index >= 15 is 0 Å². The van der Waals surface area contributed by atoms with Crippen LogP contribution in [0, 0.1) is 5.92 Å². The molecule has 1 N–H and O–H groups in total. The molecule has 3 nitrogen and oxygen atoms in total. The van der Waals surface area contributed by atoms with E-state index in [9.17, 15) is 10.0 Å². The highest BCUT2D eigenvalue weighted by molar-refractivity contribution is 5.74. The Morgan fingerprint density at radius 1 is 1.32 bits per heavy atom. The Morgan fingerprint density at radius 3 is 2.63 bits per heavy atom. The SMILES string of the molecule is CCCC(C)CN(O)C(=O)CCCc1ccccc1. The standard InChI is InChI=1S/C16H25NO2/c1-3-8-14(2)13-17(19)16(18)12-7-11-15-9-5-4-6-10-15/h4-6,9-10,14,19H,3,7-8,11-13H2,1-2H3. The van der Waals surface area contributed by atoms with Gasteiger partial charge in [-0.15, -0.1) is 0 Å². The smallest absolute Gasteiger partial charge is 0.245 e. The number of rotatable bonds is 8. The van der Waals surface area contributed by atoms with Crippen LogP contribution in [0.5, 0.6) is 0 Å². The van der Waals surface area contributed by atoms with E-state index in [0.29, 0.717) is 18.9 Å². The summed E-state index contributed by atoms with van der Waals surface area (Å²) in [6.45, 7) is 4.61. The van der Waals surface area contributed by atoms with Gasteiger partial charge in [-0.05, 0) is 30.7 Å². The van der Waals surface area contributed by atoms with Crippen molar-refractivity contribution in [2.45, 2.75) is 46.0 Å². The van der Waals surface area contributed by atoms with Crippen molar-refractivity contribution in [1.29, 1.82) is 0 Å². The maximum atomic E-state index is 11.7. The maximum Gasteiger partial charge on any atom is 0.245 e. The van der Waals surface area contributed by atoms with Gasteiger partial charge in [0.15, 0.2) is 0 Å². The first-order chi connectivity index (χ1) is 9.13. The molecule has 0 fully saturated rings. The average molecular weight is 263 g/mol. The van der Waals surface area contributed by atoms with Crippen molar-refractivity contribution in [3.8, 4) is 0 Å². The second-order valence-electron chi connectivity index (χ2n) is 5.21. The maximum absolute atomic E-state index is 11.7. The van der Waals surface area contributed by atoms with Crippen LogP contribution >= 0.6 is 0 Å². The summed E-state index contributed by atoms with van der Waals surface area (Å²) in [6.07, 6.45) is 4.18. The third kappa shape index (κ3) is 6.39. The summed E-state index contributed by atoms with van der Waals surface area (Å²) in [5.74, 6) is 0.187. The molecule has 0 heterocycles. The Labute approximate surface area is 116 Å². The van der Waals surface area contributed by atoms with E-state index in [0.717, 1.165) is 30.7 Å². The zero-order valence-electron chi connectivity index (χ0n) is 12.0. The highest BCUT2D eigenvalue weighted by Crippen LogP contribution is 2.09. The van der Waals surface area contributed by atoms with Crippen molar-refractivity contribution in [2.75, 3.05) is 6.54 Å². The monoisotopic (exact) mass is 263 g/mol. The first-order valence-electron chi connectivity index (χ1n) is 7.16. The van der Waals surface area contributed by atoms with Crippen LogP contribution in [0.15, 0.2) is 30.3 Å². The molecular formula is C16H25NO2. The molecule has 0 bridgehead atoms. The lowest BCUT2D eigenvalue weighted by atomic mass is 10.1. The molecule has 1 unspecified atom stereocenters. The first-order valence-corrected chi connectivity index (χ1v) is 7.16. The van der Waals surface area contributed by atoms with Crippen LogP contribution in [-0.4, -0.2) is 22.7 Å². The van der Waals surface area contributed by atoms with E-state index in [4.69, 9.17) is 0 Å². The quantitative estimate of drug-likeness (QED) is 0.574. The van der Waals surface area contributed by atoms with Gasteiger partial charge in [-0.2, -0.15) is 0 Å². The zero-order valence-corrected chi connectivity index (χ0v) is 12.0. The van der Waals surface area contributed by atoms with Gasteiger partial charge in [0.1, 0.15) is 0 Å². The molecule has 3 heteroatoms. The van der Waals surface area contributed by atoms with Crippen LogP contribution < -0.4 is 0 Å². The number of aryl methyl sites for hydroxylation is 1. The fourth-order valence-electron chi connectivity index (χ4n) is 2.20. The van der Waals surface area contributed by atoms with Gasteiger partial charge in [-0.1, -0.05) is 50.6 Å². The minimum atomic E-state index is -0.168. The summed E-state index contributed by atoms with van der Waals surface area (Å²) in [5.41, 5.74) is 1.24. The number of hydrogen-bond donors (Lipinski definition) is 1. The van der Waals surface area contributed by atoms with Crippen LogP contribution in [0.4, 0.5) is 0 Å². The third-order valence-electron chi connectivity index (χ3n) is 3.25. The van der Waals surface area contributed by atoms with Gasteiger partial charge in [0, 0.05) is 6.42 Å². The zero-order chi connectivity index (χ0) is 14.1. The number of hydroxylamine groups is 2. The van der Waals surface area contributed by atoms with Crippen molar-refractivity contribution in [3.63, 3.8) is 0 Å². The van der Waals surface area contributed by atoms with Gasteiger partial charge >= 0.3 is 0 Å². The molecule has 1 aromatic rings. The van der Waals surface area contributed by atoms with Crippen LogP contribution in [0.3, 0.4) is 0 Å². The summed E-state index contributed by atoms with van der Waals surface area (Å²) in [5, 5.41) is 10.6. The number of carbonyl (C=O) groups is 1. The summed E-state index contributed by atoms with van der Waals surface area (Å²) in [4.78, 5) is 11.7. The number of carbonyl (C=O) groups excluding carboxylic acids is 1. The Morgan fingerprint density at radius 2 is 2.00 bits per heavy atom. The normalized spacial score (nSPS) is 12.2. The van der Waals surface area contributed by atoms with Gasteiger partial charge in [0.2, 0.25) is 5.91 Å². The van der Waals surface area contributed by atoms with Gasteiger partial charge in [-0.3, -0.25) is 10.0 Å². The van der Waals surface area contributed by atoms with E-state index in [1.165, 1.54) is 5.56 Å². The molecule has 0 saturated heterocycles. The Bertz CT molecular complexity index is 364. The Hall–Kier alpha value is -1.35. The fraction of sp³-hybridized carbons (Fsp3) is 0.562. The molecule has 0 aliphatic carbocycles. The van der Waals surface area contributed by atoms with Gasteiger partial charge in [0.05, 0.1) is 6.54 Å². The molecule has 0 saturated carbocycles. The molecule has 0 radical (unpaired) electrons. The Balaban J connectivity index is 2.23. The second kappa shape index (κ2) is 8.70. The highest BCUT2D eigenvalue weighted by atomic mass is 16.5. The van der Waals surface area contributed by atoms with Crippen molar-refractivity contribution in [2.24, 2.45) is 5.92 Å². The molecule has 19 heavy (non-hydrogen) atoms. The van der Waals surface area contributed by atoms with E-state index in [2.05, 4.69) is 26.0 Å². The minimum Gasteiger partial charge on any atom is -0.286 e. The molecular weight excluding hydrogens is 238 g/mol. The Kier molecular flexibility index (Phi) is 7.19. The highest BCUT2D eigenvalue weighted by Gasteiger charge is 2.13. The molecule has 0 aliphatic heterocycles. The number of benzene rings is 1. The number of amides is 1. The largest absolute Gasteiger partial charge is 0.286 e. The summed E-state index contributed by atoms with van der Waals surface area (Å²) in [7, 11) is 0. The lowest BCUT2D eigenvalue weighted by molar-refractivity contribution is -0.167. The van der Waals surface area contributed by atoms with Crippen LogP contribution in [0.25, 0.3) is 0 Å². The second-order valence-corrected chi connectivity index (χ2v) is 5.21. The topological polar surface area (TPSA) is 40.5 Å². The molecule has 1 rings (SSSR count). The van der Waals surface area contributed by atoms with Crippen molar-refractivity contribution in [3.05, 3.63) is 35.9 Å². The average Bonchev–Trinajstić information content (AvgIpc) is 2.40. The third-order valence-corrected chi connectivity index (χ3v) is 3.25. The van der Waals surface area contributed by atoms with Crippen LogP contribution in [-0.2, 0) is 11.2 Å². The van der Waals surface area contributed by atoms with Crippen LogP contribution in [0.2, 0.25) is 0 Å². The predicted octanol–water partition coefficient (Wildman–Crippen LogP) is 3.66. The van der Waals surface area contributed by atoms with Gasteiger partial charge < -0.3 is 0 Å². The lowest BCUT2D eigenvalue weighted by Crippen LogP contribution is -2.31. The lowest BCUT2D eigenvalue weighted by Gasteiger charge is -2.19. The number of nitrogens with zero attached hydrogens (tertiary/aromatic N) is 1. The molecule has 1 atom stereocenters. The molecule has 0 aromatic heterocycles. The van der Waals surface area contributed by atoms with E-state index in [1.807, 2.05) is 18.2 Å². The van der Waals surface area contributed by atoms with Crippen molar-refractivity contribution < 1.29 is 10.0 Å². The molecule has 1 aromatic carbocycles. The summed E-state index contributed by atoms with van der Waals surface area (Å²) >= 11 is 0. The van der Waals surface area contributed by atoms with Crippen molar-refractivity contribution in [1.82, 2.24) is 5.06 Å². The van der Waals surface area contributed by atoms with E-state index in [-0.39, 0.29) is 5.91 Å². The van der Waals surface area contributed by atoms with Gasteiger partial charge in [-0.25, -0.2) is 5.06 Å². The summed E-state index contributed by atoms with van der Waals surface area (Å²) in [6, 6.07) is 10.1. The van der Waals surface area contributed by atoms with Crippen LogP contribution in [0.1, 0.15) is 45.1 Å².